The van der Waals surface area contributed by atoms with Gasteiger partial charge in [-0.2, -0.15) is 0 Å². The summed E-state index contributed by atoms with van der Waals surface area (Å²) in [5.41, 5.74) is 3.34. The van der Waals surface area contributed by atoms with E-state index < -0.39 is 8.07 Å². The lowest BCUT2D eigenvalue weighted by atomic mass is 10.1. The number of hydrogen-bond donors (Lipinski definition) is 0. The Hall–Kier alpha value is -1.08. The van der Waals surface area contributed by atoms with Gasteiger partial charge in [-0.25, -0.2) is 0 Å². The summed E-state index contributed by atoms with van der Waals surface area (Å²) in [6.45, 7) is 7.26. The topological polar surface area (TPSA) is 0 Å². The minimum atomic E-state index is -1.10. The van der Waals surface area contributed by atoms with E-state index in [-0.39, 0.29) is 0 Å². The fourth-order valence-electron chi connectivity index (χ4n) is 1.87. The highest BCUT2D eigenvalue weighted by atomic mass is 28.3. The van der Waals surface area contributed by atoms with E-state index in [1.807, 2.05) is 0 Å². The molecule has 0 nitrogen and oxygen atoms in total. The summed E-state index contributed by atoms with van der Waals surface area (Å²) in [4.78, 5) is 0. The molecular weight excluding hydrogens is 196 g/mol. The normalized spacial score (nSPS) is 16.2. The molecule has 1 aliphatic rings. The van der Waals surface area contributed by atoms with Crippen LogP contribution < -0.4 is 0 Å². The molecular formula is C14H18Si. The largest absolute Gasteiger partial charge is 0.0797 e. The van der Waals surface area contributed by atoms with E-state index in [2.05, 4.69) is 68.2 Å². The van der Waals surface area contributed by atoms with E-state index in [1.54, 1.807) is 0 Å². The molecule has 0 aliphatic heterocycles. The Kier molecular flexibility index (Phi) is 2.66. The quantitative estimate of drug-likeness (QED) is 0.606. The fourth-order valence-corrected chi connectivity index (χ4v) is 3.22. The molecule has 0 unspecified atom stereocenters. The molecule has 1 aromatic carbocycles. The Morgan fingerprint density at radius 2 is 1.33 bits per heavy atom. The third-order valence-corrected chi connectivity index (χ3v) is 5.35. The standard InChI is InChI=1S/C14H18Si/c1-15(2,3)14-10-8-12-6-4-5-7-13(12)9-11-14/h4-11,14H,1-3H3. The van der Waals surface area contributed by atoms with Gasteiger partial charge in [0, 0.05) is 0 Å². The zero-order valence-electron chi connectivity index (χ0n) is 9.70. The molecule has 0 amide bonds. The second-order valence-corrected chi connectivity index (χ2v) is 10.6. The third-order valence-electron chi connectivity index (χ3n) is 2.96. The summed E-state index contributed by atoms with van der Waals surface area (Å²) in [5.74, 6) is 0. The van der Waals surface area contributed by atoms with Gasteiger partial charge in [-0.3, -0.25) is 0 Å². The van der Waals surface area contributed by atoms with Crippen molar-refractivity contribution in [1.82, 2.24) is 0 Å². The van der Waals surface area contributed by atoms with Crippen LogP contribution in [0, 0.1) is 0 Å². The molecule has 0 aromatic heterocycles. The van der Waals surface area contributed by atoms with E-state index in [0.29, 0.717) is 5.54 Å². The summed E-state index contributed by atoms with van der Waals surface area (Å²) < 4.78 is 0. The predicted molar refractivity (Wildman–Crippen MR) is 71.6 cm³/mol. The van der Waals surface area contributed by atoms with Crippen molar-refractivity contribution in [2.24, 2.45) is 0 Å². The van der Waals surface area contributed by atoms with Gasteiger partial charge in [0.1, 0.15) is 0 Å². The lowest BCUT2D eigenvalue weighted by Gasteiger charge is -2.22. The third kappa shape index (κ3) is 2.29. The summed E-state index contributed by atoms with van der Waals surface area (Å²) in [6, 6.07) is 8.57. The van der Waals surface area contributed by atoms with Crippen LogP contribution in [0.5, 0.6) is 0 Å². The first-order valence-electron chi connectivity index (χ1n) is 5.53. The van der Waals surface area contributed by atoms with Crippen LogP contribution in [0.15, 0.2) is 36.4 Å². The number of fused-ring (bicyclic) bond motifs is 1. The first-order chi connectivity index (χ1) is 7.07. The first-order valence-corrected chi connectivity index (χ1v) is 9.10. The Labute approximate surface area is 93.3 Å². The van der Waals surface area contributed by atoms with Crippen molar-refractivity contribution in [3.63, 3.8) is 0 Å². The van der Waals surface area contributed by atoms with Gasteiger partial charge in [-0.05, 0) is 16.7 Å². The maximum Gasteiger partial charge on any atom is 0.0558 e. The molecule has 78 valence electrons. The van der Waals surface area contributed by atoms with Gasteiger partial charge in [-0.15, -0.1) is 0 Å². The molecule has 1 aromatic rings. The molecule has 0 radical (unpaired) electrons. The van der Waals surface area contributed by atoms with Gasteiger partial charge in [0.2, 0.25) is 0 Å². The molecule has 0 saturated carbocycles. The van der Waals surface area contributed by atoms with Crippen LogP contribution in [0.25, 0.3) is 12.2 Å². The Balaban J connectivity index is 2.38. The van der Waals surface area contributed by atoms with E-state index in [4.69, 9.17) is 0 Å². The maximum atomic E-state index is 2.42. The lowest BCUT2D eigenvalue weighted by molar-refractivity contribution is 1.29. The van der Waals surface area contributed by atoms with Gasteiger partial charge in [0.15, 0.2) is 0 Å². The van der Waals surface area contributed by atoms with E-state index in [0.717, 1.165) is 0 Å². The van der Waals surface area contributed by atoms with Crippen molar-refractivity contribution in [2.75, 3.05) is 0 Å². The van der Waals surface area contributed by atoms with Crippen LogP contribution in [0.2, 0.25) is 25.2 Å². The molecule has 15 heavy (non-hydrogen) atoms. The minimum Gasteiger partial charge on any atom is -0.0797 e. The number of hydrogen-bond acceptors (Lipinski definition) is 0. The first kappa shape index (κ1) is 10.4. The van der Waals surface area contributed by atoms with Crippen LogP contribution in [0.4, 0.5) is 0 Å². The molecule has 0 N–H and O–H groups in total. The van der Waals surface area contributed by atoms with Crippen molar-refractivity contribution in [2.45, 2.75) is 25.2 Å². The van der Waals surface area contributed by atoms with Crippen molar-refractivity contribution in [1.29, 1.82) is 0 Å². The summed E-state index contributed by atoms with van der Waals surface area (Å²) in [5, 5.41) is 0. The molecule has 1 aliphatic carbocycles. The average Bonchev–Trinajstić information content (AvgIpc) is 2.38. The second kappa shape index (κ2) is 3.82. The zero-order chi connectivity index (χ0) is 10.9. The molecule has 0 spiro atoms. The van der Waals surface area contributed by atoms with Gasteiger partial charge >= 0.3 is 0 Å². The van der Waals surface area contributed by atoms with E-state index >= 15 is 0 Å². The molecule has 0 atom stereocenters. The smallest absolute Gasteiger partial charge is 0.0558 e. The molecule has 1 heteroatoms. The number of allylic oxidation sites excluding steroid dienone is 2. The summed E-state index contributed by atoms with van der Waals surface area (Å²) >= 11 is 0. The number of rotatable bonds is 1. The Morgan fingerprint density at radius 3 is 1.73 bits per heavy atom. The average molecular weight is 214 g/mol. The Bertz CT molecular complexity index is 375. The van der Waals surface area contributed by atoms with Crippen LogP contribution >= 0.6 is 0 Å². The summed E-state index contributed by atoms with van der Waals surface area (Å²) in [7, 11) is -1.10. The zero-order valence-corrected chi connectivity index (χ0v) is 10.7. The second-order valence-electron chi connectivity index (χ2n) is 5.24. The molecule has 2 rings (SSSR count). The van der Waals surface area contributed by atoms with Crippen LogP contribution in [-0.4, -0.2) is 8.07 Å². The molecule has 0 saturated heterocycles. The van der Waals surface area contributed by atoms with Crippen molar-refractivity contribution < 1.29 is 0 Å². The van der Waals surface area contributed by atoms with Crippen LogP contribution in [-0.2, 0) is 0 Å². The van der Waals surface area contributed by atoms with Gasteiger partial charge in [0.05, 0.1) is 8.07 Å². The highest BCUT2D eigenvalue weighted by Crippen LogP contribution is 2.30. The van der Waals surface area contributed by atoms with Gasteiger partial charge < -0.3 is 0 Å². The lowest BCUT2D eigenvalue weighted by Crippen LogP contribution is -2.25. The monoisotopic (exact) mass is 214 g/mol. The molecule has 0 heterocycles. The van der Waals surface area contributed by atoms with Crippen molar-refractivity contribution >= 4 is 20.2 Å². The van der Waals surface area contributed by atoms with Gasteiger partial charge in [-0.1, -0.05) is 68.2 Å². The predicted octanol–water partition coefficient (Wildman–Crippen LogP) is 4.44. The number of benzene rings is 1. The van der Waals surface area contributed by atoms with Gasteiger partial charge in [0.25, 0.3) is 0 Å². The highest BCUT2D eigenvalue weighted by Gasteiger charge is 2.22. The molecule has 0 bridgehead atoms. The van der Waals surface area contributed by atoms with E-state index in [1.165, 1.54) is 11.1 Å². The maximum absolute atomic E-state index is 2.42. The van der Waals surface area contributed by atoms with Crippen LogP contribution in [0.1, 0.15) is 11.1 Å². The summed E-state index contributed by atoms with van der Waals surface area (Å²) in [6.07, 6.45) is 9.29. The minimum absolute atomic E-state index is 0.657. The SMILES string of the molecule is C[Si](C)(C)C1C=Cc2ccccc2C=C1. The fraction of sp³-hybridized carbons (Fsp3) is 0.286. The van der Waals surface area contributed by atoms with Crippen molar-refractivity contribution in [3.05, 3.63) is 47.5 Å². The van der Waals surface area contributed by atoms with Crippen LogP contribution in [0.3, 0.4) is 0 Å². The van der Waals surface area contributed by atoms with E-state index in [9.17, 15) is 0 Å². The molecule has 0 fully saturated rings. The van der Waals surface area contributed by atoms with Crippen molar-refractivity contribution in [3.8, 4) is 0 Å². The highest BCUT2D eigenvalue weighted by molar-refractivity contribution is 6.78. The Morgan fingerprint density at radius 1 is 0.867 bits per heavy atom.